The van der Waals surface area contributed by atoms with Gasteiger partial charge in [0.1, 0.15) is 5.82 Å². The first-order valence-corrected chi connectivity index (χ1v) is 13.7. The van der Waals surface area contributed by atoms with Gasteiger partial charge in [0.05, 0.1) is 5.92 Å². The van der Waals surface area contributed by atoms with Gasteiger partial charge >= 0.3 is 0 Å². The third-order valence-electron chi connectivity index (χ3n) is 9.36. The van der Waals surface area contributed by atoms with Crippen molar-refractivity contribution in [2.45, 2.75) is 51.7 Å². The van der Waals surface area contributed by atoms with Crippen molar-refractivity contribution in [3.63, 3.8) is 0 Å². The zero-order chi connectivity index (χ0) is 24.2. The van der Waals surface area contributed by atoms with Crippen molar-refractivity contribution in [1.82, 2.24) is 24.6 Å². The first kappa shape index (κ1) is 22.2. The van der Waals surface area contributed by atoms with Crippen molar-refractivity contribution in [1.29, 1.82) is 0 Å². The molecule has 8 rings (SSSR count). The molecule has 1 aliphatic carbocycles. The maximum atomic E-state index is 14.0. The minimum absolute atomic E-state index is 0.0247. The Morgan fingerprint density at radius 2 is 1.78 bits per heavy atom. The van der Waals surface area contributed by atoms with E-state index in [0.29, 0.717) is 30.3 Å². The van der Waals surface area contributed by atoms with Gasteiger partial charge in [0.15, 0.2) is 5.82 Å². The molecule has 2 bridgehead atoms. The number of piperidine rings is 2. The maximum absolute atomic E-state index is 14.0. The highest BCUT2D eigenvalue weighted by Gasteiger charge is 2.53. The van der Waals surface area contributed by atoms with Gasteiger partial charge in [0, 0.05) is 50.7 Å². The molecule has 6 nitrogen and oxygen atoms in total. The van der Waals surface area contributed by atoms with Crippen LogP contribution in [0.15, 0.2) is 54.6 Å². The van der Waals surface area contributed by atoms with Crippen LogP contribution in [0, 0.1) is 30.6 Å². The quantitative estimate of drug-likeness (QED) is 0.561. The first-order chi connectivity index (χ1) is 17.6. The lowest BCUT2D eigenvalue weighted by molar-refractivity contribution is -0.149. The Bertz CT molecular complexity index is 1270. The molecule has 4 aliphatic heterocycles. The van der Waals surface area contributed by atoms with E-state index in [4.69, 9.17) is 0 Å². The maximum Gasteiger partial charge on any atom is 0.227 e. The SMILES string of the molecule is Cc1cccc(-c2nnc3n2CC(C(=O)N2CC4CCC2C2CN(Cc5ccccc5)CC42)CC3)c1. The normalized spacial score (nSPS) is 29.2. The summed E-state index contributed by atoms with van der Waals surface area (Å²) in [6.45, 7) is 7.11. The number of benzene rings is 2. The topological polar surface area (TPSA) is 54.3 Å². The van der Waals surface area contributed by atoms with Crippen LogP contribution in [-0.2, 0) is 24.3 Å². The second kappa shape index (κ2) is 8.84. The molecule has 5 atom stereocenters. The molecule has 0 N–H and O–H groups in total. The van der Waals surface area contributed by atoms with E-state index < -0.39 is 0 Å². The molecular weight excluding hydrogens is 446 g/mol. The smallest absolute Gasteiger partial charge is 0.227 e. The summed E-state index contributed by atoms with van der Waals surface area (Å²) in [5.41, 5.74) is 3.70. The summed E-state index contributed by atoms with van der Waals surface area (Å²) in [5.74, 6) is 4.35. The van der Waals surface area contributed by atoms with Gasteiger partial charge < -0.3 is 9.47 Å². The molecule has 5 heterocycles. The summed E-state index contributed by atoms with van der Waals surface area (Å²) in [5, 5.41) is 9.00. The van der Waals surface area contributed by atoms with Crippen LogP contribution in [-0.4, -0.2) is 56.1 Å². The van der Waals surface area contributed by atoms with Crippen LogP contribution in [0.3, 0.4) is 0 Å². The molecular formula is C30H35N5O. The summed E-state index contributed by atoms with van der Waals surface area (Å²) in [6, 6.07) is 19.7. The zero-order valence-electron chi connectivity index (χ0n) is 21.1. The molecule has 5 aliphatic rings. The Balaban J connectivity index is 1.08. The molecule has 4 fully saturated rings. The lowest BCUT2D eigenvalue weighted by Crippen LogP contribution is -2.60. The number of hydrogen-bond acceptors (Lipinski definition) is 4. The number of aryl methyl sites for hydroxylation is 2. The third-order valence-corrected chi connectivity index (χ3v) is 9.36. The van der Waals surface area contributed by atoms with Gasteiger partial charge in [-0.1, -0.05) is 54.1 Å². The fourth-order valence-corrected chi connectivity index (χ4v) is 7.65. The van der Waals surface area contributed by atoms with Gasteiger partial charge in [0.25, 0.3) is 0 Å². The summed E-state index contributed by atoms with van der Waals surface area (Å²) in [4.78, 5) is 19.0. The number of hydrogen-bond donors (Lipinski definition) is 0. The second-order valence-electron chi connectivity index (χ2n) is 11.6. The molecule has 0 radical (unpaired) electrons. The Morgan fingerprint density at radius 1 is 0.917 bits per heavy atom. The van der Waals surface area contributed by atoms with E-state index in [0.717, 1.165) is 55.6 Å². The van der Waals surface area contributed by atoms with Crippen molar-refractivity contribution in [2.75, 3.05) is 19.6 Å². The Morgan fingerprint density at radius 3 is 2.64 bits per heavy atom. The van der Waals surface area contributed by atoms with E-state index in [1.807, 2.05) is 0 Å². The van der Waals surface area contributed by atoms with Crippen molar-refractivity contribution < 1.29 is 4.79 Å². The van der Waals surface area contributed by atoms with Crippen molar-refractivity contribution >= 4 is 5.91 Å². The number of amides is 1. The molecule has 3 saturated heterocycles. The standard InChI is InChI=1S/C30H35N5O/c1-20-6-5-9-22(14-20)29-32-31-28-13-11-24(17-35(28)29)30(36)34-16-23-10-12-27(34)26-19-33(18-25(23)26)15-21-7-3-2-4-8-21/h2-9,14,23-27H,10-13,15-19H2,1H3. The van der Waals surface area contributed by atoms with Crippen LogP contribution in [0.5, 0.6) is 0 Å². The number of carbonyl (C=O) groups is 1. The van der Waals surface area contributed by atoms with Gasteiger partial charge in [0.2, 0.25) is 5.91 Å². The fourth-order valence-electron chi connectivity index (χ4n) is 7.65. The fraction of sp³-hybridized carbons (Fsp3) is 0.500. The highest BCUT2D eigenvalue weighted by Crippen LogP contribution is 2.48. The molecule has 36 heavy (non-hydrogen) atoms. The summed E-state index contributed by atoms with van der Waals surface area (Å²) < 4.78 is 2.21. The number of rotatable bonds is 4. The van der Waals surface area contributed by atoms with Crippen molar-refractivity contribution in [3.05, 3.63) is 71.5 Å². The zero-order valence-corrected chi connectivity index (χ0v) is 21.1. The number of aromatic nitrogens is 3. The highest BCUT2D eigenvalue weighted by atomic mass is 16.2. The van der Waals surface area contributed by atoms with Crippen LogP contribution in [0.25, 0.3) is 11.4 Å². The van der Waals surface area contributed by atoms with Crippen LogP contribution in [0.2, 0.25) is 0 Å². The minimum atomic E-state index is 0.0247. The number of carbonyl (C=O) groups excluding carboxylic acids is 1. The largest absolute Gasteiger partial charge is 0.339 e. The number of likely N-dealkylation sites (tertiary alicyclic amines) is 1. The molecule has 0 spiro atoms. The minimum Gasteiger partial charge on any atom is -0.339 e. The Labute approximate surface area is 213 Å². The van der Waals surface area contributed by atoms with E-state index in [1.54, 1.807) is 0 Å². The molecule has 3 aromatic rings. The predicted molar refractivity (Wildman–Crippen MR) is 139 cm³/mol. The first-order valence-electron chi connectivity index (χ1n) is 13.7. The summed E-state index contributed by atoms with van der Waals surface area (Å²) >= 11 is 0. The Hall–Kier alpha value is -2.99. The molecule has 1 amide bonds. The van der Waals surface area contributed by atoms with Crippen LogP contribution >= 0.6 is 0 Å². The molecule has 2 aromatic carbocycles. The Kier molecular flexibility index (Phi) is 5.46. The van der Waals surface area contributed by atoms with E-state index in [-0.39, 0.29) is 5.92 Å². The lowest BCUT2D eigenvalue weighted by Gasteiger charge is -2.53. The van der Waals surface area contributed by atoms with Gasteiger partial charge in [-0.2, -0.15) is 0 Å². The summed E-state index contributed by atoms with van der Waals surface area (Å²) in [6.07, 6.45) is 4.17. The van der Waals surface area contributed by atoms with Crippen molar-refractivity contribution in [3.8, 4) is 11.4 Å². The van der Waals surface area contributed by atoms with Gasteiger partial charge in [-0.25, -0.2) is 0 Å². The van der Waals surface area contributed by atoms with Crippen LogP contribution < -0.4 is 0 Å². The average Bonchev–Trinajstić information content (AvgIpc) is 3.54. The predicted octanol–water partition coefficient (Wildman–Crippen LogP) is 4.18. The number of nitrogens with zero attached hydrogens (tertiary/aromatic N) is 5. The van der Waals surface area contributed by atoms with Crippen LogP contribution in [0.1, 0.15) is 36.2 Å². The van der Waals surface area contributed by atoms with E-state index in [1.165, 1.54) is 30.5 Å². The van der Waals surface area contributed by atoms with Crippen molar-refractivity contribution in [2.24, 2.45) is 23.7 Å². The van der Waals surface area contributed by atoms with Gasteiger partial charge in [-0.05, 0) is 55.6 Å². The van der Waals surface area contributed by atoms with E-state index in [2.05, 4.69) is 86.1 Å². The molecule has 186 valence electrons. The van der Waals surface area contributed by atoms with Gasteiger partial charge in [-0.15, -0.1) is 10.2 Å². The molecule has 1 saturated carbocycles. The molecule has 1 aromatic heterocycles. The van der Waals surface area contributed by atoms with Gasteiger partial charge in [-0.3, -0.25) is 9.69 Å². The molecule has 6 heteroatoms. The van der Waals surface area contributed by atoms with E-state index >= 15 is 0 Å². The number of fused-ring (bicyclic) bond motifs is 3. The van der Waals surface area contributed by atoms with E-state index in [9.17, 15) is 4.79 Å². The average molecular weight is 482 g/mol. The highest BCUT2D eigenvalue weighted by molar-refractivity contribution is 5.80. The second-order valence-corrected chi connectivity index (χ2v) is 11.6. The third kappa shape index (κ3) is 3.78. The monoisotopic (exact) mass is 481 g/mol. The van der Waals surface area contributed by atoms with Crippen LogP contribution in [0.4, 0.5) is 0 Å². The summed E-state index contributed by atoms with van der Waals surface area (Å²) in [7, 11) is 0. The molecule has 5 unspecified atom stereocenters. The lowest BCUT2D eigenvalue weighted by atomic mass is 9.66.